The van der Waals surface area contributed by atoms with Crippen molar-refractivity contribution in [2.75, 3.05) is 46.3 Å². The molecule has 1 heterocycles. The first kappa shape index (κ1) is 31.6. The summed E-state index contributed by atoms with van der Waals surface area (Å²) in [7, 11) is 6.91. The van der Waals surface area contributed by atoms with Crippen LogP contribution in [-0.4, -0.2) is 63.8 Å². The zero-order valence-corrected chi connectivity index (χ0v) is 25.1. The van der Waals surface area contributed by atoms with Gasteiger partial charge in [-0.1, -0.05) is 13.3 Å². The molecule has 0 fully saturated rings. The molecule has 0 radical (unpaired) electrons. The molecule has 0 saturated heterocycles. The first-order valence-electron chi connectivity index (χ1n) is 12.9. The number of nitrogens with zero attached hydrogens (tertiary/aromatic N) is 3. The normalized spacial score (nSPS) is 11.8. The summed E-state index contributed by atoms with van der Waals surface area (Å²) in [6, 6.07) is 9.32. The van der Waals surface area contributed by atoms with Crippen molar-refractivity contribution in [1.29, 1.82) is 10.7 Å². The predicted octanol–water partition coefficient (Wildman–Crippen LogP) is 4.75. The molecule has 2 aromatic carbocycles. The van der Waals surface area contributed by atoms with Gasteiger partial charge in [0, 0.05) is 50.9 Å². The number of ether oxygens (including phenoxy) is 2. The van der Waals surface area contributed by atoms with Crippen LogP contribution in [0.4, 0.5) is 5.69 Å². The maximum Gasteiger partial charge on any atom is 0.253 e. The van der Waals surface area contributed by atoms with Crippen LogP contribution in [0.1, 0.15) is 70.0 Å². The topological polar surface area (TPSA) is 119 Å². The van der Waals surface area contributed by atoms with Crippen LogP contribution in [0.3, 0.4) is 0 Å². The molecule has 1 aliphatic rings. The fourth-order valence-electron chi connectivity index (χ4n) is 4.57. The van der Waals surface area contributed by atoms with Crippen LogP contribution in [0.2, 0.25) is 0 Å². The van der Waals surface area contributed by atoms with E-state index in [1.807, 2.05) is 31.1 Å². The highest BCUT2D eigenvalue weighted by Gasteiger charge is 2.29. The zero-order valence-electron chi connectivity index (χ0n) is 23.3. The number of hydrogen-bond acceptors (Lipinski definition) is 7. The number of unbranched alkanes of at least 4 members (excludes halogenated alkanes) is 2. The highest BCUT2D eigenvalue weighted by molar-refractivity contribution is 8.93. The number of carbonyl (C=O) groups excluding carboxylic acids is 2. The summed E-state index contributed by atoms with van der Waals surface area (Å²) < 4.78 is 11.6. The minimum Gasteiger partial charge on any atom is -0.493 e. The first-order valence-corrected chi connectivity index (χ1v) is 12.9. The third-order valence-electron chi connectivity index (χ3n) is 6.59. The van der Waals surface area contributed by atoms with Gasteiger partial charge in [0.1, 0.15) is 5.84 Å². The summed E-state index contributed by atoms with van der Waals surface area (Å²) in [5.41, 5.74) is 4.21. The average molecular weight is 601 g/mol. The molecule has 0 saturated carbocycles. The molecule has 0 aromatic heterocycles. The molecule has 0 bridgehead atoms. The van der Waals surface area contributed by atoms with Gasteiger partial charge in [0.25, 0.3) is 5.91 Å². The monoisotopic (exact) mass is 599 g/mol. The van der Waals surface area contributed by atoms with Crippen LogP contribution < -0.4 is 19.7 Å². The number of fused-ring (bicyclic) bond motifs is 1. The second kappa shape index (κ2) is 14.5. The minimum absolute atomic E-state index is 0. The van der Waals surface area contributed by atoms with Crippen molar-refractivity contribution in [1.82, 2.24) is 10.2 Å². The van der Waals surface area contributed by atoms with Crippen molar-refractivity contribution >= 4 is 40.2 Å². The van der Waals surface area contributed by atoms with E-state index in [4.69, 9.17) is 20.1 Å². The number of carbonyl (C=O) groups is 2. The molecule has 10 heteroatoms. The van der Waals surface area contributed by atoms with Crippen LogP contribution >= 0.6 is 17.0 Å². The number of aryl methyl sites for hydroxylation is 1. The quantitative estimate of drug-likeness (QED) is 0.252. The van der Waals surface area contributed by atoms with Gasteiger partial charge in [0.2, 0.25) is 0 Å². The molecular formula is C29H38BrN5O4. The van der Waals surface area contributed by atoms with Crippen LogP contribution in [0.5, 0.6) is 11.5 Å². The number of amides is 1. The lowest BCUT2D eigenvalue weighted by molar-refractivity contribution is 0.0955. The van der Waals surface area contributed by atoms with Gasteiger partial charge in [0.05, 0.1) is 31.9 Å². The lowest BCUT2D eigenvalue weighted by atomic mass is 10.0. The van der Waals surface area contributed by atoms with Crippen molar-refractivity contribution in [3.05, 3.63) is 52.1 Å². The Morgan fingerprint density at radius 3 is 2.56 bits per heavy atom. The molecule has 3 rings (SSSR count). The Kier molecular flexibility index (Phi) is 11.8. The van der Waals surface area contributed by atoms with Gasteiger partial charge in [-0.2, -0.15) is 5.26 Å². The number of anilines is 1. The second-order valence-corrected chi connectivity index (χ2v) is 9.51. The Hall–Kier alpha value is -3.58. The molecule has 210 valence electrons. The number of amidine groups is 1. The average Bonchev–Trinajstić information content (AvgIpc) is 3.22. The van der Waals surface area contributed by atoms with E-state index >= 15 is 0 Å². The van der Waals surface area contributed by atoms with E-state index in [2.05, 4.69) is 18.3 Å². The van der Waals surface area contributed by atoms with E-state index in [-0.39, 0.29) is 41.1 Å². The molecule has 1 amide bonds. The van der Waals surface area contributed by atoms with Gasteiger partial charge >= 0.3 is 0 Å². The van der Waals surface area contributed by atoms with E-state index in [1.165, 1.54) is 0 Å². The lowest BCUT2D eigenvalue weighted by Crippen LogP contribution is -2.30. The molecule has 1 aliphatic heterocycles. The first-order chi connectivity index (χ1) is 18.2. The number of hydrogen-bond donors (Lipinski definition) is 2. The van der Waals surface area contributed by atoms with E-state index in [1.54, 1.807) is 31.2 Å². The number of Topliss-reactive ketones (excluding diaryl/α,β-unsaturated/α-hetero) is 1. The predicted molar refractivity (Wildman–Crippen MR) is 158 cm³/mol. The second-order valence-electron chi connectivity index (χ2n) is 9.51. The zero-order chi connectivity index (χ0) is 27.8. The van der Waals surface area contributed by atoms with Crippen LogP contribution in [0, 0.1) is 16.7 Å². The number of nitrogens with one attached hydrogen (secondary N) is 2. The van der Waals surface area contributed by atoms with E-state index < -0.39 is 0 Å². The van der Waals surface area contributed by atoms with Crippen molar-refractivity contribution in [3.63, 3.8) is 0 Å². The Bertz CT molecular complexity index is 1260. The molecule has 0 unspecified atom stereocenters. The Morgan fingerprint density at radius 2 is 1.95 bits per heavy atom. The summed E-state index contributed by atoms with van der Waals surface area (Å²) in [4.78, 5) is 29.6. The van der Waals surface area contributed by atoms with Gasteiger partial charge in [-0.25, -0.2) is 0 Å². The van der Waals surface area contributed by atoms with Gasteiger partial charge in [-0.15, -0.1) is 17.0 Å². The van der Waals surface area contributed by atoms with Crippen LogP contribution in [0.25, 0.3) is 0 Å². The number of rotatable bonds is 13. The molecule has 2 aromatic rings. The fourth-order valence-corrected chi connectivity index (χ4v) is 4.57. The summed E-state index contributed by atoms with van der Waals surface area (Å²) in [5, 5.41) is 20.2. The van der Waals surface area contributed by atoms with Crippen LogP contribution in [-0.2, 0) is 13.0 Å². The standard InChI is InChI=1S/C29H37N5O4.BrH/c1-6-7-10-19-13-20(15-26(27(19)37-5)38-12-9-8-11-30)25(35)18-34-17-21-14-24(33(3)4)23(29(36)32-2)16-22(21)28(34)31;/h13-16,31H,6-10,12,17-18H2,1-5H3,(H,32,36);1H. The van der Waals surface area contributed by atoms with Crippen molar-refractivity contribution < 1.29 is 19.1 Å². The summed E-state index contributed by atoms with van der Waals surface area (Å²) >= 11 is 0. The molecule has 2 N–H and O–H groups in total. The Labute approximate surface area is 241 Å². The third-order valence-corrected chi connectivity index (χ3v) is 6.59. The highest BCUT2D eigenvalue weighted by atomic mass is 79.9. The van der Waals surface area contributed by atoms with Crippen molar-refractivity contribution in [3.8, 4) is 17.6 Å². The smallest absolute Gasteiger partial charge is 0.253 e. The van der Waals surface area contributed by atoms with Gasteiger partial charge in [-0.05, 0) is 54.7 Å². The number of benzene rings is 2. The number of nitriles is 1. The summed E-state index contributed by atoms with van der Waals surface area (Å²) in [6.45, 7) is 2.89. The molecule has 0 aliphatic carbocycles. The Balaban J connectivity index is 0.00000533. The van der Waals surface area contributed by atoms with Crippen molar-refractivity contribution in [2.45, 2.75) is 45.6 Å². The maximum absolute atomic E-state index is 13.5. The van der Waals surface area contributed by atoms with Gasteiger partial charge in [-0.3, -0.25) is 15.0 Å². The molecule has 39 heavy (non-hydrogen) atoms. The van der Waals surface area contributed by atoms with E-state index in [0.29, 0.717) is 54.2 Å². The maximum atomic E-state index is 13.5. The molecular weight excluding hydrogens is 562 g/mol. The van der Waals surface area contributed by atoms with E-state index in [0.717, 1.165) is 36.1 Å². The molecule has 0 atom stereocenters. The largest absolute Gasteiger partial charge is 0.493 e. The molecule has 0 spiro atoms. The fraction of sp³-hybridized carbons (Fsp3) is 0.448. The van der Waals surface area contributed by atoms with Crippen LogP contribution in [0.15, 0.2) is 24.3 Å². The van der Waals surface area contributed by atoms with Gasteiger partial charge in [0.15, 0.2) is 17.3 Å². The third kappa shape index (κ3) is 7.30. The molecule has 9 nitrogen and oxygen atoms in total. The Morgan fingerprint density at radius 1 is 1.21 bits per heavy atom. The van der Waals surface area contributed by atoms with E-state index in [9.17, 15) is 9.59 Å². The number of ketones is 1. The highest BCUT2D eigenvalue weighted by Crippen LogP contribution is 2.35. The summed E-state index contributed by atoms with van der Waals surface area (Å²) in [5.74, 6) is 0.971. The number of halogens is 1. The lowest BCUT2D eigenvalue weighted by Gasteiger charge is -2.19. The number of methoxy groups -OCH3 is 1. The minimum atomic E-state index is -0.223. The van der Waals surface area contributed by atoms with Crippen molar-refractivity contribution in [2.24, 2.45) is 0 Å². The van der Waals surface area contributed by atoms with Gasteiger partial charge < -0.3 is 24.6 Å². The summed E-state index contributed by atoms with van der Waals surface area (Å²) in [6.07, 6.45) is 3.65. The SMILES string of the molecule is Br.CCCCc1cc(C(=O)CN2Cc3cc(N(C)C)c(C(=O)NC)cc3C2=N)cc(OCCCC#N)c1OC.